The summed E-state index contributed by atoms with van der Waals surface area (Å²) in [5.74, 6) is -0.494. The lowest BCUT2D eigenvalue weighted by molar-refractivity contribution is 0.631. The number of benzene rings is 1. The van der Waals surface area contributed by atoms with Crippen LogP contribution in [0.25, 0.3) is 22.3 Å². The molecule has 3 rings (SSSR count). The van der Waals surface area contributed by atoms with Crippen molar-refractivity contribution in [2.24, 2.45) is 7.05 Å². The minimum Gasteiger partial charge on any atom is -0.382 e. The van der Waals surface area contributed by atoms with E-state index in [1.165, 1.54) is 23.2 Å². The van der Waals surface area contributed by atoms with Crippen LogP contribution in [0.4, 0.5) is 10.2 Å². The van der Waals surface area contributed by atoms with Crippen molar-refractivity contribution in [1.82, 2.24) is 19.5 Å². The van der Waals surface area contributed by atoms with E-state index in [2.05, 4.69) is 15.0 Å². The lowest BCUT2D eigenvalue weighted by atomic mass is 10.1. The number of fused-ring (bicyclic) bond motifs is 1. The first-order chi connectivity index (χ1) is 9.97. The van der Waals surface area contributed by atoms with Crippen molar-refractivity contribution in [3.05, 3.63) is 45.9 Å². The Labute approximate surface area is 123 Å². The van der Waals surface area contributed by atoms with E-state index in [1.54, 1.807) is 7.05 Å². The van der Waals surface area contributed by atoms with Crippen molar-refractivity contribution in [1.29, 1.82) is 0 Å². The largest absolute Gasteiger partial charge is 0.382 e. The molecular formula is C13H9ClFN5O. The van der Waals surface area contributed by atoms with Crippen molar-refractivity contribution in [2.75, 3.05) is 5.73 Å². The van der Waals surface area contributed by atoms with Crippen molar-refractivity contribution in [3.8, 4) is 11.4 Å². The first kappa shape index (κ1) is 13.4. The molecule has 0 aliphatic rings. The molecule has 0 aliphatic carbocycles. The van der Waals surface area contributed by atoms with Crippen LogP contribution < -0.4 is 11.3 Å². The summed E-state index contributed by atoms with van der Waals surface area (Å²) in [6.07, 6.45) is 2.66. The van der Waals surface area contributed by atoms with Crippen LogP contribution in [0, 0.1) is 5.82 Å². The highest BCUT2D eigenvalue weighted by Crippen LogP contribution is 2.25. The molecule has 0 bridgehead atoms. The van der Waals surface area contributed by atoms with Crippen molar-refractivity contribution >= 4 is 28.3 Å². The van der Waals surface area contributed by atoms with Gasteiger partial charge in [-0.3, -0.25) is 4.79 Å². The molecule has 0 radical (unpaired) electrons. The van der Waals surface area contributed by atoms with Gasteiger partial charge in [0.15, 0.2) is 5.82 Å². The van der Waals surface area contributed by atoms with Gasteiger partial charge in [-0.05, 0) is 12.1 Å². The first-order valence-corrected chi connectivity index (χ1v) is 6.28. The van der Waals surface area contributed by atoms with Gasteiger partial charge in [-0.1, -0.05) is 11.6 Å². The van der Waals surface area contributed by atoms with Gasteiger partial charge in [-0.2, -0.15) is 0 Å². The summed E-state index contributed by atoms with van der Waals surface area (Å²) in [6.45, 7) is 0. The molecular weight excluding hydrogens is 297 g/mol. The number of hydrogen-bond acceptors (Lipinski definition) is 5. The average Bonchev–Trinajstić information content (AvgIpc) is 2.46. The van der Waals surface area contributed by atoms with Crippen LogP contribution in [0.3, 0.4) is 0 Å². The minimum absolute atomic E-state index is 0.0538. The number of hydrogen-bond donors (Lipinski definition) is 1. The maximum Gasteiger partial charge on any atom is 0.261 e. The Balaban J connectivity index is 2.29. The molecule has 0 amide bonds. The van der Waals surface area contributed by atoms with Crippen LogP contribution in [-0.4, -0.2) is 19.5 Å². The van der Waals surface area contributed by atoms with E-state index >= 15 is 0 Å². The molecule has 0 saturated carbocycles. The molecule has 8 heteroatoms. The summed E-state index contributed by atoms with van der Waals surface area (Å²) in [5, 5.41) is 0.370. The van der Waals surface area contributed by atoms with Gasteiger partial charge < -0.3 is 10.3 Å². The summed E-state index contributed by atoms with van der Waals surface area (Å²) in [7, 11) is 1.55. The van der Waals surface area contributed by atoms with E-state index in [-0.39, 0.29) is 33.2 Å². The topological polar surface area (TPSA) is 86.7 Å². The molecule has 0 saturated heterocycles. The van der Waals surface area contributed by atoms with Gasteiger partial charge >= 0.3 is 0 Å². The molecule has 3 aromatic rings. The SMILES string of the molecule is Cn1cnc2cc(-c3ncc(Cl)c(N)n3)c(F)cc2c1=O. The van der Waals surface area contributed by atoms with E-state index in [1.807, 2.05) is 0 Å². The molecule has 0 spiro atoms. The lowest BCUT2D eigenvalue weighted by Crippen LogP contribution is -2.17. The molecule has 2 aromatic heterocycles. The lowest BCUT2D eigenvalue weighted by Gasteiger charge is -2.06. The molecule has 21 heavy (non-hydrogen) atoms. The van der Waals surface area contributed by atoms with Crippen LogP contribution in [0.5, 0.6) is 0 Å². The van der Waals surface area contributed by atoms with Crippen LogP contribution >= 0.6 is 11.6 Å². The van der Waals surface area contributed by atoms with E-state index in [4.69, 9.17) is 17.3 Å². The Morgan fingerprint density at radius 2 is 2.10 bits per heavy atom. The highest BCUT2D eigenvalue weighted by Gasteiger charge is 2.14. The zero-order valence-corrected chi connectivity index (χ0v) is 11.6. The number of aromatic nitrogens is 4. The molecule has 2 heterocycles. The third-order valence-electron chi connectivity index (χ3n) is 3.02. The molecule has 0 atom stereocenters. The van der Waals surface area contributed by atoms with E-state index < -0.39 is 5.82 Å². The van der Waals surface area contributed by atoms with Crippen LogP contribution in [0.2, 0.25) is 5.02 Å². The average molecular weight is 306 g/mol. The Kier molecular flexibility index (Phi) is 3.06. The van der Waals surface area contributed by atoms with Gasteiger partial charge in [-0.15, -0.1) is 0 Å². The molecule has 1 aromatic carbocycles. The maximum absolute atomic E-state index is 14.2. The van der Waals surface area contributed by atoms with E-state index in [9.17, 15) is 9.18 Å². The number of rotatable bonds is 1. The van der Waals surface area contributed by atoms with Gasteiger partial charge in [-0.25, -0.2) is 19.3 Å². The summed E-state index contributed by atoms with van der Waals surface area (Å²) < 4.78 is 15.5. The molecule has 106 valence electrons. The smallest absolute Gasteiger partial charge is 0.261 e. The number of nitrogens with two attached hydrogens (primary N) is 1. The van der Waals surface area contributed by atoms with Gasteiger partial charge in [0, 0.05) is 7.05 Å². The zero-order chi connectivity index (χ0) is 15.1. The Morgan fingerprint density at radius 1 is 1.33 bits per heavy atom. The van der Waals surface area contributed by atoms with Gasteiger partial charge in [0.2, 0.25) is 0 Å². The third-order valence-corrected chi connectivity index (χ3v) is 3.31. The van der Waals surface area contributed by atoms with Crippen LogP contribution in [0.15, 0.2) is 29.5 Å². The zero-order valence-electron chi connectivity index (χ0n) is 10.8. The Bertz CT molecular complexity index is 924. The minimum atomic E-state index is -0.630. The molecule has 0 unspecified atom stereocenters. The fourth-order valence-corrected chi connectivity index (χ4v) is 2.00. The first-order valence-electron chi connectivity index (χ1n) is 5.90. The highest BCUT2D eigenvalue weighted by molar-refractivity contribution is 6.32. The number of nitrogen functional groups attached to an aromatic ring is 1. The van der Waals surface area contributed by atoms with Gasteiger partial charge in [0.25, 0.3) is 5.56 Å². The van der Waals surface area contributed by atoms with Crippen molar-refractivity contribution in [3.63, 3.8) is 0 Å². The second-order valence-corrected chi connectivity index (χ2v) is 4.84. The standard InChI is InChI=1S/C13H9ClFN5O/c1-20-5-18-10-3-6(9(15)2-7(10)13(20)21)12-17-4-8(14)11(16)19-12/h2-5H,1H3,(H2,16,17,19). The van der Waals surface area contributed by atoms with E-state index in [0.717, 1.165) is 6.07 Å². The monoisotopic (exact) mass is 305 g/mol. The number of anilines is 1. The number of halogens is 2. The summed E-state index contributed by atoms with van der Waals surface area (Å²) in [6, 6.07) is 2.53. The molecule has 2 N–H and O–H groups in total. The highest BCUT2D eigenvalue weighted by atomic mass is 35.5. The van der Waals surface area contributed by atoms with Gasteiger partial charge in [0.1, 0.15) is 16.7 Å². The number of aryl methyl sites for hydroxylation is 1. The molecule has 0 aliphatic heterocycles. The normalized spacial score (nSPS) is 11.0. The predicted octanol–water partition coefficient (Wildman–Crippen LogP) is 1.77. The number of nitrogens with zero attached hydrogens (tertiary/aromatic N) is 4. The second-order valence-electron chi connectivity index (χ2n) is 4.44. The quantitative estimate of drug-likeness (QED) is 0.740. The Morgan fingerprint density at radius 3 is 2.81 bits per heavy atom. The Hall–Kier alpha value is -2.54. The van der Waals surface area contributed by atoms with E-state index in [0.29, 0.717) is 5.52 Å². The second kappa shape index (κ2) is 4.78. The maximum atomic E-state index is 14.2. The van der Waals surface area contributed by atoms with Crippen molar-refractivity contribution in [2.45, 2.75) is 0 Å². The fraction of sp³-hybridized carbons (Fsp3) is 0.0769. The van der Waals surface area contributed by atoms with Crippen LogP contribution in [-0.2, 0) is 7.05 Å². The van der Waals surface area contributed by atoms with Gasteiger partial charge in [0.05, 0.1) is 29.0 Å². The summed E-state index contributed by atoms with van der Waals surface area (Å²) >= 11 is 5.74. The molecule has 0 fully saturated rings. The summed E-state index contributed by atoms with van der Waals surface area (Å²) in [4.78, 5) is 23.9. The summed E-state index contributed by atoms with van der Waals surface area (Å²) in [5.41, 5.74) is 5.72. The van der Waals surface area contributed by atoms with Crippen molar-refractivity contribution < 1.29 is 4.39 Å². The third kappa shape index (κ3) is 2.21. The molecule has 6 nitrogen and oxygen atoms in total. The van der Waals surface area contributed by atoms with Crippen LogP contribution in [0.1, 0.15) is 0 Å². The predicted molar refractivity (Wildman–Crippen MR) is 77.4 cm³/mol. The fourth-order valence-electron chi connectivity index (χ4n) is 1.91.